The highest BCUT2D eigenvalue weighted by molar-refractivity contribution is 5.87. The number of hydrogen-bond donors (Lipinski definition) is 2. The highest BCUT2D eigenvalue weighted by Gasteiger charge is 2.24. The SMILES string of the molecule is CC(NC(=O)C(c1ccccc1)c1ccccc1)c1nc2ccccc2[nH]1. The summed E-state index contributed by atoms with van der Waals surface area (Å²) in [7, 11) is 0. The van der Waals surface area contributed by atoms with Gasteiger partial charge in [0.15, 0.2) is 0 Å². The molecule has 4 aromatic rings. The zero-order valence-electron chi connectivity index (χ0n) is 15.1. The van der Waals surface area contributed by atoms with Crippen LogP contribution in [0, 0.1) is 0 Å². The summed E-state index contributed by atoms with van der Waals surface area (Å²) >= 11 is 0. The Balaban J connectivity index is 1.61. The van der Waals surface area contributed by atoms with Crippen LogP contribution in [0.2, 0.25) is 0 Å². The molecule has 1 heterocycles. The van der Waals surface area contributed by atoms with E-state index in [0.717, 1.165) is 28.0 Å². The number of benzene rings is 3. The third-order valence-electron chi connectivity index (χ3n) is 4.70. The van der Waals surface area contributed by atoms with Gasteiger partial charge in [-0.3, -0.25) is 4.79 Å². The maximum absolute atomic E-state index is 13.2. The summed E-state index contributed by atoms with van der Waals surface area (Å²) in [6.45, 7) is 1.95. The van der Waals surface area contributed by atoms with Crippen molar-refractivity contribution in [3.05, 3.63) is 102 Å². The highest BCUT2D eigenvalue weighted by atomic mass is 16.1. The van der Waals surface area contributed by atoms with E-state index in [-0.39, 0.29) is 17.9 Å². The summed E-state index contributed by atoms with van der Waals surface area (Å²) in [4.78, 5) is 21.1. The molecule has 0 spiro atoms. The van der Waals surface area contributed by atoms with Gasteiger partial charge in [-0.1, -0.05) is 72.8 Å². The van der Waals surface area contributed by atoms with Crippen molar-refractivity contribution in [3.8, 4) is 0 Å². The van der Waals surface area contributed by atoms with Gasteiger partial charge in [-0.2, -0.15) is 0 Å². The van der Waals surface area contributed by atoms with Crippen molar-refractivity contribution in [2.24, 2.45) is 0 Å². The van der Waals surface area contributed by atoms with Crippen molar-refractivity contribution in [1.82, 2.24) is 15.3 Å². The Morgan fingerprint density at radius 1 is 0.852 bits per heavy atom. The zero-order valence-corrected chi connectivity index (χ0v) is 15.1. The second kappa shape index (κ2) is 7.46. The Morgan fingerprint density at radius 2 is 1.41 bits per heavy atom. The van der Waals surface area contributed by atoms with E-state index in [1.807, 2.05) is 91.9 Å². The van der Waals surface area contributed by atoms with Crippen LogP contribution in [0.25, 0.3) is 11.0 Å². The van der Waals surface area contributed by atoms with Crippen LogP contribution < -0.4 is 5.32 Å². The predicted octanol–water partition coefficient (Wildman–Crippen LogP) is 4.57. The Labute approximate surface area is 158 Å². The quantitative estimate of drug-likeness (QED) is 0.551. The topological polar surface area (TPSA) is 57.8 Å². The smallest absolute Gasteiger partial charge is 0.232 e. The molecule has 1 atom stereocenters. The Hall–Kier alpha value is -3.40. The maximum atomic E-state index is 13.2. The number of amides is 1. The average molecular weight is 355 g/mol. The highest BCUT2D eigenvalue weighted by Crippen LogP contribution is 2.26. The van der Waals surface area contributed by atoms with Crippen molar-refractivity contribution in [3.63, 3.8) is 0 Å². The fourth-order valence-electron chi connectivity index (χ4n) is 3.33. The number of hydrogen-bond acceptors (Lipinski definition) is 2. The van der Waals surface area contributed by atoms with Gasteiger partial charge in [-0.05, 0) is 30.2 Å². The van der Waals surface area contributed by atoms with Crippen LogP contribution in [0.5, 0.6) is 0 Å². The summed E-state index contributed by atoms with van der Waals surface area (Å²) in [6.07, 6.45) is 0. The first-order valence-electron chi connectivity index (χ1n) is 9.07. The molecule has 1 aromatic heterocycles. The first kappa shape index (κ1) is 17.0. The lowest BCUT2D eigenvalue weighted by atomic mass is 9.90. The molecule has 0 radical (unpaired) electrons. The summed E-state index contributed by atoms with van der Waals surface area (Å²) in [5, 5.41) is 3.12. The predicted molar refractivity (Wildman–Crippen MR) is 107 cm³/mol. The molecule has 0 saturated heterocycles. The molecule has 0 bridgehead atoms. The lowest BCUT2D eigenvalue weighted by molar-refractivity contribution is -0.122. The molecule has 0 fully saturated rings. The summed E-state index contributed by atoms with van der Waals surface area (Å²) in [6, 6.07) is 27.4. The fraction of sp³-hybridized carbons (Fsp3) is 0.130. The van der Waals surface area contributed by atoms with E-state index >= 15 is 0 Å². The Kier molecular flexibility index (Phi) is 4.71. The molecular formula is C23H21N3O. The van der Waals surface area contributed by atoms with Gasteiger partial charge < -0.3 is 10.3 Å². The van der Waals surface area contributed by atoms with Gasteiger partial charge in [-0.15, -0.1) is 0 Å². The van der Waals surface area contributed by atoms with Crippen LogP contribution in [-0.2, 0) is 4.79 Å². The second-order valence-corrected chi connectivity index (χ2v) is 6.62. The van der Waals surface area contributed by atoms with E-state index < -0.39 is 0 Å². The minimum atomic E-state index is -0.362. The molecule has 4 nitrogen and oxygen atoms in total. The molecule has 0 aliphatic rings. The number of imidazole rings is 1. The third kappa shape index (κ3) is 3.60. The van der Waals surface area contributed by atoms with Crippen LogP contribution in [0.3, 0.4) is 0 Å². The van der Waals surface area contributed by atoms with Gasteiger partial charge in [0.1, 0.15) is 5.82 Å². The van der Waals surface area contributed by atoms with Crippen molar-refractivity contribution < 1.29 is 4.79 Å². The van der Waals surface area contributed by atoms with Gasteiger partial charge in [0, 0.05) is 0 Å². The lowest BCUT2D eigenvalue weighted by Gasteiger charge is -2.20. The van der Waals surface area contributed by atoms with Crippen molar-refractivity contribution >= 4 is 16.9 Å². The first-order valence-corrected chi connectivity index (χ1v) is 9.07. The number of H-pyrrole nitrogens is 1. The third-order valence-corrected chi connectivity index (χ3v) is 4.70. The average Bonchev–Trinajstić information content (AvgIpc) is 3.14. The van der Waals surface area contributed by atoms with Crippen molar-refractivity contribution in [2.75, 3.05) is 0 Å². The number of rotatable bonds is 5. The molecule has 1 amide bonds. The lowest BCUT2D eigenvalue weighted by Crippen LogP contribution is -2.32. The standard InChI is InChI=1S/C23H21N3O/c1-16(22-25-19-14-8-9-15-20(19)26-22)24-23(27)21(17-10-4-2-5-11-17)18-12-6-3-7-13-18/h2-16,21H,1H3,(H,24,27)(H,25,26). The molecule has 1 unspecified atom stereocenters. The van der Waals surface area contributed by atoms with Crippen molar-refractivity contribution in [2.45, 2.75) is 18.9 Å². The van der Waals surface area contributed by atoms with Gasteiger partial charge in [0.05, 0.1) is 23.0 Å². The number of nitrogens with zero attached hydrogens (tertiary/aromatic N) is 1. The van der Waals surface area contributed by atoms with Crippen LogP contribution in [0.15, 0.2) is 84.9 Å². The van der Waals surface area contributed by atoms with Crippen LogP contribution >= 0.6 is 0 Å². The molecule has 2 N–H and O–H groups in total. The summed E-state index contributed by atoms with van der Waals surface area (Å²) in [5.41, 5.74) is 3.81. The number of para-hydroxylation sites is 2. The minimum absolute atomic E-state index is 0.0413. The Morgan fingerprint density at radius 3 is 2.00 bits per heavy atom. The molecular weight excluding hydrogens is 334 g/mol. The number of carbonyl (C=O) groups is 1. The number of fused-ring (bicyclic) bond motifs is 1. The van der Waals surface area contributed by atoms with E-state index in [0.29, 0.717) is 0 Å². The molecule has 4 heteroatoms. The van der Waals surface area contributed by atoms with Gasteiger partial charge in [0.25, 0.3) is 0 Å². The number of aromatic nitrogens is 2. The molecule has 27 heavy (non-hydrogen) atoms. The summed E-state index contributed by atoms with van der Waals surface area (Å²) < 4.78 is 0. The second-order valence-electron chi connectivity index (χ2n) is 6.62. The van der Waals surface area contributed by atoms with Crippen LogP contribution in [0.4, 0.5) is 0 Å². The van der Waals surface area contributed by atoms with E-state index in [2.05, 4.69) is 15.3 Å². The van der Waals surface area contributed by atoms with Gasteiger partial charge in [-0.25, -0.2) is 4.98 Å². The van der Waals surface area contributed by atoms with Crippen molar-refractivity contribution in [1.29, 1.82) is 0 Å². The minimum Gasteiger partial charge on any atom is -0.346 e. The van der Waals surface area contributed by atoms with E-state index in [1.54, 1.807) is 0 Å². The molecule has 4 rings (SSSR count). The summed E-state index contributed by atoms with van der Waals surface area (Å²) in [5.74, 6) is 0.351. The van der Waals surface area contributed by atoms with Gasteiger partial charge >= 0.3 is 0 Å². The molecule has 0 aliphatic carbocycles. The van der Waals surface area contributed by atoms with Gasteiger partial charge in [0.2, 0.25) is 5.91 Å². The number of aromatic amines is 1. The normalized spacial score (nSPS) is 12.2. The maximum Gasteiger partial charge on any atom is 0.232 e. The number of carbonyl (C=O) groups excluding carboxylic acids is 1. The number of nitrogens with one attached hydrogen (secondary N) is 2. The van der Waals surface area contributed by atoms with E-state index in [4.69, 9.17) is 0 Å². The molecule has 3 aromatic carbocycles. The molecule has 0 aliphatic heterocycles. The van der Waals surface area contributed by atoms with Crippen LogP contribution in [-0.4, -0.2) is 15.9 Å². The van der Waals surface area contributed by atoms with E-state index in [9.17, 15) is 4.79 Å². The Bertz CT molecular complexity index is 968. The molecule has 0 saturated carbocycles. The fourth-order valence-corrected chi connectivity index (χ4v) is 3.33. The molecule has 134 valence electrons. The largest absolute Gasteiger partial charge is 0.346 e. The first-order chi connectivity index (χ1) is 13.2. The monoisotopic (exact) mass is 355 g/mol. The van der Waals surface area contributed by atoms with E-state index in [1.165, 1.54) is 0 Å². The zero-order chi connectivity index (χ0) is 18.6. The van der Waals surface area contributed by atoms with Crippen LogP contribution in [0.1, 0.15) is 35.8 Å².